The number of rotatable bonds is 4. The molecule has 0 saturated heterocycles. The Hall–Kier alpha value is -1.40. The van der Waals surface area contributed by atoms with E-state index in [-0.39, 0.29) is 5.82 Å². The van der Waals surface area contributed by atoms with Gasteiger partial charge in [-0.15, -0.1) is 0 Å². The summed E-state index contributed by atoms with van der Waals surface area (Å²) in [5.74, 6) is -0.283. The maximum absolute atomic E-state index is 12.7. The summed E-state index contributed by atoms with van der Waals surface area (Å²) in [6, 6.07) is 8.24. The Labute approximate surface area is 89.7 Å². The van der Waals surface area contributed by atoms with Crippen molar-refractivity contribution in [2.24, 2.45) is 0 Å². The van der Waals surface area contributed by atoms with E-state index in [4.69, 9.17) is 5.26 Å². The van der Waals surface area contributed by atoms with Crippen molar-refractivity contribution in [2.75, 3.05) is 6.54 Å². The van der Waals surface area contributed by atoms with E-state index in [2.05, 4.69) is 11.4 Å². The lowest BCUT2D eigenvalue weighted by atomic mass is 9.93. The standard InChI is InChI=1S/C12H15FN2/c1-3-8-15-12(2,9-14)10-4-6-11(13)7-5-10/h4-7,15H,3,8H2,1-2H3. The minimum atomic E-state index is -0.732. The number of benzene rings is 1. The number of nitrogens with zero attached hydrogens (tertiary/aromatic N) is 1. The van der Waals surface area contributed by atoms with Crippen LogP contribution in [0.4, 0.5) is 4.39 Å². The van der Waals surface area contributed by atoms with Gasteiger partial charge in [-0.25, -0.2) is 4.39 Å². The van der Waals surface area contributed by atoms with Gasteiger partial charge in [-0.2, -0.15) is 5.26 Å². The molecule has 0 saturated carbocycles. The van der Waals surface area contributed by atoms with E-state index in [0.717, 1.165) is 18.5 Å². The minimum Gasteiger partial charge on any atom is -0.296 e. The molecule has 1 rings (SSSR count). The Morgan fingerprint density at radius 1 is 1.40 bits per heavy atom. The van der Waals surface area contributed by atoms with Gasteiger partial charge in [0, 0.05) is 0 Å². The molecule has 0 amide bonds. The van der Waals surface area contributed by atoms with E-state index < -0.39 is 5.54 Å². The topological polar surface area (TPSA) is 35.8 Å². The van der Waals surface area contributed by atoms with Gasteiger partial charge in [-0.3, -0.25) is 5.32 Å². The van der Waals surface area contributed by atoms with Gasteiger partial charge in [0.2, 0.25) is 0 Å². The first-order valence-corrected chi connectivity index (χ1v) is 5.04. The smallest absolute Gasteiger partial charge is 0.129 e. The molecule has 0 radical (unpaired) electrons. The van der Waals surface area contributed by atoms with Gasteiger partial charge in [0.05, 0.1) is 6.07 Å². The maximum Gasteiger partial charge on any atom is 0.129 e. The summed E-state index contributed by atoms with van der Waals surface area (Å²) in [6.45, 7) is 4.60. The van der Waals surface area contributed by atoms with E-state index in [9.17, 15) is 4.39 Å². The molecule has 0 fully saturated rings. The molecule has 0 aromatic heterocycles. The zero-order valence-electron chi connectivity index (χ0n) is 9.05. The average Bonchev–Trinajstić information content (AvgIpc) is 2.27. The van der Waals surface area contributed by atoms with Crippen molar-refractivity contribution in [3.8, 4) is 6.07 Å². The van der Waals surface area contributed by atoms with Crippen molar-refractivity contribution in [1.82, 2.24) is 5.32 Å². The molecule has 1 unspecified atom stereocenters. The first kappa shape index (κ1) is 11.7. The molecule has 1 atom stereocenters. The largest absolute Gasteiger partial charge is 0.296 e. The highest BCUT2D eigenvalue weighted by Crippen LogP contribution is 2.19. The first-order valence-electron chi connectivity index (χ1n) is 5.04. The number of nitrogens with one attached hydrogen (secondary N) is 1. The predicted molar refractivity (Wildman–Crippen MR) is 57.7 cm³/mol. The third kappa shape index (κ3) is 2.77. The third-order valence-electron chi connectivity index (χ3n) is 2.37. The molecule has 0 aliphatic heterocycles. The quantitative estimate of drug-likeness (QED) is 0.821. The summed E-state index contributed by atoms with van der Waals surface area (Å²) >= 11 is 0. The highest BCUT2D eigenvalue weighted by atomic mass is 19.1. The molecule has 2 nitrogen and oxygen atoms in total. The fraction of sp³-hybridized carbons (Fsp3) is 0.417. The summed E-state index contributed by atoms with van der Waals surface area (Å²) in [5, 5.41) is 12.3. The van der Waals surface area contributed by atoms with E-state index in [1.54, 1.807) is 19.1 Å². The molecule has 1 N–H and O–H groups in total. The van der Waals surface area contributed by atoms with Crippen LogP contribution in [0, 0.1) is 17.1 Å². The van der Waals surface area contributed by atoms with Crippen LogP contribution in [0.1, 0.15) is 25.8 Å². The molecule has 0 bridgehead atoms. The van der Waals surface area contributed by atoms with Crippen molar-refractivity contribution in [2.45, 2.75) is 25.8 Å². The van der Waals surface area contributed by atoms with E-state index in [0.29, 0.717) is 0 Å². The Morgan fingerprint density at radius 3 is 2.47 bits per heavy atom. The SMILES string of the molecule is CCCNC(C)(C#N)c1ccc(F)cc1. The summed E-state index contributed by atoms with van der Waals surface area (Å²) in [6.07, 6.45) is 0.957. The summed E-state index contributed by atoms with van der Waals surface area (Å²) in [5.41, 5.74) is 0.0591. The van der Waals surface area contributed by atoms with Crippen LogP contribution >= 0.6 is 0 Å². The van der Waals surface area contributed by atoms with E-state index in [1.807, 2.05) is 6.92 Å². The minimum absolute atomic E-state index is 0.283. The molecule has 0 spiro atoms. The molecule has 0 aliphatic carbocycles. The fourth-order valence-corrected chi connectivity index (χ4v) is 1.36. The van der Waals surface area contributed by atoms with Gasteiger partial charge in [0.25, 0.3) is 0 Å². The van der Waals surface area contributed by atoms with Crippen LogP contribution in [0.5, 0.6) is 0 Å². The van der Waals surface area contributed by atoms with Gasteiger partial charge in [0.15, 0.2) is 0 Å². The molecule has 15 heavy (non-hydrogen) atoms. The Kier molecular flexibility index (Phi) is 3.81. The number of halogens is 1. The van der Waals surface area contributed by atoms with Crippen molar-refractivity contribution < 1.29 is 4.39 Å². The Bertz CT molecular complexity index is 353. The van der Waals surface area contributed by atoms with Crippen molar-refractivity contribution in [1.29, 1.82) is 5.26 Å². The zero-order chi connectivity index (χ0) is 11.3. The van der Waals surface area contributed by atoms with Crippen LogP contribution < -0.4 is 5.32 Å². The van der Waals surface area contributed by atoms with Crippen LogP contribution in [0.3, 0.4) is 0 Å². The Balaban J connectivity index is 2.91. The monoisotopic (exact) mass is 206 g/mol. The highest BCUT2D eigenvalue weighted by molar-refractivity contribution is 5.30. The molecule has 0 heterocycles. The van der Waals surface area contributed by atoms with Gasteiger partial charge in [-0.1, -0.05) is 19.1 Å². The Morgan fingerprint density at radius 2 is 2.00 bits per heavy atom. The molecule has 80 valence electrons. The van der Waals surface area contributed by atoms with Gasteiger partial charge in [-0.05, 0) is 37.6 Å². The zero-order valence-corrected chi connectivity index (χ0v) is 9.05. The molecule has 1 aromatic carbocycles. The third-order valence-corrected chi connectivity index (χ3v) is 2.37. The van der Waals surface area contributed by atoms with Gasteiger partial charge < -0.3 is 0 Å². The lowest BCUT2D eigenvalue weighted by molar-refractivity contribution is 0.465. The second-order valence-electron chi connectivity index (χ2n) is 3.67. The van der Waals surface area contributed by atoms with Gasteiger partial charge >= 0.3 is 0 Å². The van der Waals surface area contributed by atoms with Crippen LogP contribution in [-0.4, -0.2) is 6.54 Å². The van der Waals surface area contributed by atoms with E-state index >= 15 is 0 Å². The van der Waals surface area contributed by atoms with E-state index in [1.165, 1.54) is 12.1 Å². The predicted octanol–water partition coefficient (Wildman–Crippen LogP) is 2.56. The lowest BCUT2D eigenvalue weighted by Gasteiger charge is -2.23. The maximum atomic E-state index is 12.7. The van der Waals surface area contributed by atoms with Crippen LogP contribution in [-0.2, 0) is 5.54 Å². The number of nitriles is 1. The second-order valence-corrected chi connectivity index (χ2v) is 3.67. The molecule has 1 aromatic rings. The first-order chi connectivity index (χ1) is 7.12. The molecule has 0 aliphatic rings. The number of hydrogen-bond donors (Lipinski definition) is 1. The fourth-order valence-electron chi connectivity index (χ4n) is 1.36. The summed E-state index contributed by atoms with van der Waals surface area (Å²) < 4.78 is 12.7. The second kappa shape index (κ2) is 4.90. The summed E-state index contributed by atoms with van der Waals surface area (Å²) in [4.78, 5) is 0. The normalized spacial score (nSPS) is 14.3. The highest BCUT2D eigenvalue weighted by Gasteiger charge is 2.24. The van der Waals surface area contributed by atoms with Crippen LogP contribution in [0.2, 0.25) is 0 Å². The van der Waals surface area contributed by atoms with Crippen molar-refractivity contribution in [3.05, 3.63) is 35.6 Å². The average molecular weight is 206 g/mol. The lowest BCUT2D eigenvalue weighted by Crippen LogP contribution is -2.38. The molecular weight excluding hydrogens is 191 g/mol. The van der Waals surface area contributed by atoms with Crippen molar-refractivity contribution in [3.63, 3.8) is 0 Å². The molecule has 3 heteroatoms. The van der Waals surface area contributed by atoms with Crippen LogP contribution in [0.15, 0.2) is 24.3 Å². The number of hydrogen-bond acceptors (Lipinski definition) is 2. The van der Waals surface area contributed by atoms with Crippen molar-refractivity contribution >= 4 is 0 Å². The van der Waals surface area contributed by atoms with Gasteiger partial charge in [0.1, 0.15) is 11.4 Å². The van der Waals surface area contributed by atoms with Crippen LogP contribution in [0.25, 0.3) is 0 Å². The summed E-state index contributed by atoms with van der Waals surface area (Å²) in [7, 11) is 0. The molecular formula is C12H15FN2.